The van der Waals surface area contributed by atoms with Crippen molar-refractivity contribution in [3.8, 4) is 5.75 Å². The summed E-state index contributed by atoms with van der Waals surface area (Å²) in [6.45, 7) is 6.59. The van der Waals surface area contributed by atoms with E-state index in [0.717, 1.165) is 44.1 Å². The van der Waals surface area contributed by atoms with Crippen LogP contribution in [0.15, 0.2) is 18.3 Å². The van der Waals surface area contributed by atoms with E-state index >= 15 is 0 Å². The molecule has 17 heavy (non-hydrogen) atoms. The average molecular weight is 237 g/mol. The second kappa shape index (κ2) is 7.90. The van der Waals surface area contributed by atoms with Gasteiger partial charge in [-0.2, -0.15) is 0 Å². The Bertz CT molecular complexity index is 317. The first kappa shape index (κ1) is 13.8. The number of ether oxygens (including phenoxy) is 1. The first-order valence-corrected chi connectivity index (χ1v) is 6.29. The molecule has 0 amide bonds. The number of nitrogens with two attached hydrogens (primary N) is 1. The lowest BCUT2D eigenvalue weighted by Gasteiger charge is -2.14. The molecule has 4 nitrogen and oxygen atoms in total. The van der Waals surface area contributed by atoms with Crippen LogP contribution in [0.4, 0.5) is 5.82 Å². The van der Waals surface area contributed by atoms with Crippen molar-refractivity contribution < 1.29 is 4.74 Å². The van der Waals surface area contributed by atoms with Gasteiger partial charge in [-0.3, -0.25) is 0 Å². The summed E-state index contributed by atoms with van der Waals surface area (Å²) < 4.78 is 5.63. The lowest BCUT2D eigenvalue weighted by atomic mass is 10.1. The monoisotopic (exact) mass is 237 g/mol. The number of nitrogens with one attached hydrogen (secondary N) is 1. The molecule has 0 fully saturated rings. The molecular weight excluding hydrogens is 214 g/mol. The van der Waals surface area contributed by atoms with Crippen LogP contribution in [-0.4, -0.2) is 24.7 Å². The minimum Gasteiger partial charge on any atom is -0.490 e. The van der Waals surface area contributed by atoms with Gasteiger partial charge in [0.2, 0.25) is 0 Å². The van der Waals surface area contributed by atoms with Crippen LogP contribution in [0.5, 0.6) is 5.75 Å². The Balaban J connectivity index is 2.51. The highest BCUT2D eigenvalue weighted by Gasteiger charge is 2.06. The number of nitrogens with zero attached hydrogens (tertiary/aromatic N) is 1. The molecule has 1 atom stereocenters. The van der Waals surface area contributed by atoms with Gasteiger partial charge in [-0.25, -0.2) is 4.98 Å². The average Bonchev–Trinajstić information content (AvgIpc) is 2.35. The molecule has 0 aromatic carbocycles. The maximum Gasteiger partial charge on any atom is 0.168 e. The number of aromatic nitrogens is 1. The van der Waals surface area contributed by atoms with Crippen LogP contribution in [0.25, 0.3) is 0 Å². The third-order valence-corrected chi connectivity index (χ3v) is 2.51. The Labute approximate surface area is 104 Å². The van der Waals surface area contributed by atoms with Crippen LogP contribution in [0.3, 0.4) is 0 Å². The summed E-state index contributed by atoms with van der Waals surface area (Å²) in [7, 11) is 0. The fraction of sp³-hybridized carbons (Fsp3) is 0.615. The van der Waals surface area contributed by atoms with Gasteiger partial charge in [0.1, 0.15) is 0 Å². The van der Waals surface area contributed by atoms with E-state index < -0.39 is 0 Å². The SMILES string of the molecule is CCCOc1cccnc1NCC(C)CCN. The maximum atomic E-state index is 5.63. The van der Waals surface area contributed by atoms with E-state index in [1.807, 2.05) is 12.1 Å². The third-order valence-electron chi connectivity index (χ3n) is 2.51. The molecule has 1 rings (SSSR count). The van der Waals surface area contributed by atoms with Gasteiger partial charge in [0.15, 0.2) is 11.6 Å². The van der Waals surface area contributed by atoms with Crippen molar-refractivity contribution in [1.82, 2.24) is 4.98 Å². The van der Waals surface area contributed by atoms with E-state index in [9.17, 15) is 0 Å². The Morgan fingerprint density at radius 2 is 2.35 bits per heavy atom. The Kier molecular flexibility index (Phi) is 6.40. The van der Waals surface area contributed by atoms with Gasteiger partial charge in [-0.15, -0.1) is 0 Å². The molecule has 0 saturated carbocycles. The highest BCUT2D eigenvalue weighted by Crippen LogP contribution is 2.21. The van der Waals surface area contributed by atoms with E-state index in [0.29, 0.717) is 5.92 Å². The summed E-state index contributed by atoms with van der Waals surface area (Å²) >= 11 is 0. The summed E-state index contributed by atoms with van der Waals surface area (Å²) in [5.41, 5.74) is 5.53. The quantitative estimate of drug-likeness (QED) is 0.728. The molecule has 0 spiro atoms. The molecule has 0 aliphatic heterocycles. The fourth-order valence-corrected chi connectivity index (χ4v) is 1.51. The number of pyridine rings is 1. The van der Waals surface area contributed by atoms with Gasteiger partial charge in [-0.05, 0) is 37.4 Å². The van der Waals surface area contributed by atoms with E-state index in [4.69, 9.17) is 10.5 Å². The molecule has 0 bridgehead atoms. The zero-order valence-corrected chi connectivity index (χ0v) is 10.8. The number of hydrogen-bond donors (Lipinski definition) is 2. The minimum absolute atomic E-state index is 0.543. The predicted molar refractivity (Wildman–Crippen MR) is 71.3 cm³/mol. The molecule has 0 saturated heterocycles. The number of anilines is 1. The molecule has 4 heteroatoms. The zero-order valence-electron chi connectivity index (χ0n) is 10.8. The van der Waals surface area contributed by atoms with Gasteiger partial charge in [0, 0.05) is 12.7 Å². The molecule has 96 valence electrons. The molecule has 1 heterocycles. The summed E-state index contributed by atoms with van der Waals surface area (Å²) in [6.07, 6.45) is 3.79. The molecule has 1 unspecified atom stereocenters. The fourth-order valence-electron chi connectivity index (χ4n) is 1.51. The smallest absolute Gasteiger partial charge is 0.168 e. The van der Waals surface area contributed by atoms with Crippen molar-refractivity contribution in [1.29, 1.82) is 0 Å². The van der Waals surface area contributed by atoms with Gasteiger partial charge < -0.3 is 15.8 Å². The van der Waals surface area contributed by atoms with Crippen molar-refractivity contribution in [2.24, 2.45) is 11.7 Å². The zero-order chi connectivity index (χ0) is 12.5. The second-order valence-corrected chi connectivity index (χ2v) is 4.26. The van der Waals surface area contributed by atoms with Crippen LogP contribution in [0.1, 0.15) is 26.7 Å². The molecule has 0 radical (unpaired) electrons. The topological polar surface area (TPSA) is 60.2 Å². The van der Waals surface area contributed by atoms with Crippen LogP contribution >= 0.6 is 0 Å². The first-order chi connectivity index (χ1) is 8.27. The Hall–Kier alpha value is -1.29. The van der Waals surface area contributed by atoms with Gasteiger partial charge in [-0.1, -0.05) is 13.8 Å². The van der Waals surface area contributed by atoms with Crippen molar-refractivity contribution in [2.75, 3.05) is 25.0 Å². The molecule has 1 aromatic rings. The Morgan fingerprint density at radius 3 is 3.06 bits per heavy atom. The molecular formula is C13H23N3O. The van der Waals surface area contributed by atoms with Gasteiger partial charge in [0.05, 0.1) is 6.61 Å². The van der Waals surface area contributed by atoms with E-state index in [-0.39, 0.29) is 0 Å². The summed E-state index contributed by atoms with van der Waals surface area (Å²) in [6, 6.07) is 3.83. The molecule has 0 aliphatic rings. The number of rotatable bonds is 8. The summed E-state index contributed by atoms with van der Waals surface area (Å²) in [4.78, 5) is 4.30. The molecule has 3 N–H and O–H groups in total. The summed E-state index contributed by atoms with van der Waals surface area (Å²) in [5, 5.41) is 3.32. The third kappa shape index (κ3) is 5.04. The molecule has 0 aliphatic carbocycles. The summed E-state index contributed by atoms with van der Waals surface area (Å²) in [5.74, 6) is 2.19. The van der Waals surface area contributed by atoms with Crippen molar-refractivity contribution >= 4 is 5.82 Å². The highest BCUT2D eigenvalue weighted by atomic mass is 16.5. The minimum atomic E-state index is 0.543. The van der Waals surface area contributed by atoms with Crippen LogP contribution in [-0.2, 0) is 0 Å². The normalized spacial score (nSPS) is 12.2. The van der Waals surface area contributed by atoms with Crippen LogP contribution in [0.2, 0.25) is 0 Å². The van der Waals surface area contributed by atoms with E-state index in [1.165, 1.54) is 0 Å². The lowest BCUT2D eigenvalue weighted by Crippen LogP contribution is -2.16. The largest absolute Gasteiger partial charge is 0.490 e. The van der Waals surface area contributed by atoms with E-state index in [1.54, 1.807) is 6.20 Å². The van der Waals surface area contributed by atoms with Gasteiger partial charge in [0.25, 0.3) is 0 Å². The van der Waals surface area contributed by atoms with Crippen molar-refractivity contribution in [2.45, 2.75) is 26.7 Å². The number of hydrogen-bond acceptors (Lipinski definition) is 4. The van der Waals surface area contributed by atoms with Gasteiger partial charge >= 0.3 is 0 Å². The highest BCUT2D eigenvalue weighted by molar-refractivity contribution is 5.49. The molecule has 1 aromatic heterocycles. The van der Waals surface area contributed by atoms with Crippen molar-refractivity contribution in [3.05, 3.63) is 18.3 Å². The Morgan fingerprint density at radius 1 is 1.53 bits per heavy atom. The standard InChI is InChI=1S/C13H23N3O/c1-3-9-17-12-5-4-8-15-13(12)16-10-11(2)6-7-14/h4-5,8,11H,3,6-7,9-10,14H2,1-2H3,(H,15,16). The van der Waals surface area contributed by atoms with E-state index in [2.05, 4.69) is 24.1 Å². The predicted octanol–water partition coefficient (Wildman–Crippen LogP) is 2.27. The lowest BCUT2D eigenvalue weighted by molar-refractivity contribution is 0.317. The van der Waals surface area contributed by atoms with Crippen molar-refractivity contribution in [3.63, 3.8) is 0 Å². The maximum absolute atomic E-state index is 5.63. The second-order valence-electron chi connectivity index (χ2n) is 4.26. The van der Waals surface area contributed by atoms with Crippen LogP contribution in [0, 0.1) is 5.92 Å². The first-order valence-electron chi connectivity index (χ1n) is 6.29. The van der Waals surface area contributed by atoms with Crippen LogP contribution < -0.4 is 15.8 Å².